The van der Waals surface area contributed by atoms with Crippen LogP contribution in [0.5, 0.6) is 0 Å². The number of benzene rings is 2. The fraction of sp³-hybridized carbons (Fsp3) is 0.238. The molecule has 1 aromatic heterocycles. The zero-order valence-corrected chi connectivity index (χ0v) is 14.3. The number of rotatable bonds is 4. The Morgan fingerprint density at radius 1 is 1.12 bits per heavy atom. The standard InChI is InChI=1S/C21H20N2O3/c24-20(23-18-11-5-8-14-6-1-3-9-16(14)18)13-26-21(25)19-12-15-7-2-4-10-17(15)22-19/h1-4,6-7,9-10,12,18,22H,5,8,11,13H2,(H,23,24). The third-order valence-corrected chi connectivity index (χ3v) is 4.79. The van der Waals surface area contributed by atoms with Crippen LogP contribution in [0.25, 0.3) is 10.9 Å². The van der Waals surface area contributed by atoms with E-state index in [0.717, 1.165) is 35.7 Å². The van der Waals surface area contributed by atoms with Gasteiger partial charge in [-0.15, -0.1) is 0 Å². The Balaban J connectivity index is 1.36. The maximum absolute atomic E-state index is 12.2. The number of nitrogens with one attached hydrogen (secondary N) is 2. The SMILES string of the molecule is O=C(COC(=O)c1cc2ccccc2[nH]1)NC1CCCc2ccccc21. The number of carbonyl (C=O) groups is 2. The van der Waals surface area contributed by atoms with Crippen LogP contribution in [-0.2, 0) is 16.0 Å². The minimum absolute atomic E-state index is 0.0146. The van der Waals surface area contributed by atoms with E-state index in [1.807, 2.05) is 36.4 Å². The van der Waals surface area contributed by atoms with E-state index in [0.29, 0.717) is 5.69 Å². The van der Waals surface area contributed by atoms with Gasteiger partial charge in [-0.1, -0.05) is 42.5 Å². The summed E-state index contributed by atoms with van der Waals surface area (Å²) < 4.78 is 5.17. The summed E-state index contributed by atoms with van der Waals surface area (Å²) in [5, 5.41) is 3.92. The molecule has 5 heteroatoms. The lowest BCUT2D eigenvalue weighted by Gasteiger charge is -2.26. The third kappa shape index (κ3) is 3.33. The molecule has 2 N–H and O–H groups in total. The van der Waals surface area contributed by atoms with Crippen LogP contribution in [-0.4, -0.2) is 23.5 Å². The Labute approximate surface area is 151 Å². The molecule has 1 unspecified atom stereocenters. The highest BCUT2D eigenvalue weighted by Crippen LogP contribution is 2.29. The van der Waals surface area contributed by atoms with Crippen molar-refractivity contribution in [1.29, 1.82) is 0 Å². The topological polar surface area (TPSA) is 71.2 Å². The summed E-state index contributed by atoms with van der Waals surface area (Å²) in [5.41, 5.74) is 3.65. The number of aromatic amines is 1. The molecular weight excluding hydrogens is 328 g/mol. The molecule has 1 aliphatic carbocycles. The Kier molecular flexibility index (Phi) is 4.44. The lowest BCUT2D eigenvalue weighted by Crippen LogP contribution is -2.34. The molecule has 5 nitrogen and oxygen atoms in total. The van der Waals surface area contributed by atoms with Crippen molar-refractivity contribution in [3.63, 3.8) is 0 Å². The van der Waals surface area contributed by atoms with E-state index in [9.17, 15) is 9.59 Å². The van der Waals surface area contributed by atoms with E-state index >= 15 is 0 Å². The van der Waals surface area contributed by atoms with Crippen LogP contribution in [0.1, 0.15) is 40.5 Å². The highest BCUT2D eigenvalue weighted by atomic mass is 16.5. The molecule has 3 aromatic rings. The molecule has 0 fully saturated rings. The van der Waals surface area contributed by atoms with Gasteiger partial charge in [0, 0.05) is 10.9 Å². The van der Waals surface area contributed by atoms with E-state index in [1.54, 1.807) is 6.07 Å². The Morgan fingerprint density at radius 2 is 1.92 bits per heavy atom. The maximum atomic E-state index is 12.2. The van der Waals surface area contributed by atoms with Crippen molar-refractivity contribution in [3.05, 3.63) is 71.4 Å². The van der Waals surface area contributed by atoms with Gasteiger partial charge in [0.1, 0.15) is 5.69 Å². The molecule has 0 aliphatic heterocycles. The molecule has 0 spiro atoms. The normalized spacial score (nSPS) is 16.1. The second-order valence-electron chi connectivity index (χ2n) is 6.56. The lowest BCUT2D eigenvalue weighted by molar-refractivity contribution is -0.125. The summed E-state index contributed by atoms with van der Waals surface area (Å²) in [6, 6.07) is 17.5. The highest BCUT2D eigenvalue weighted by molar-refractivity contribution is 5.95. The van der Waals surface area contributed by atoms with Crippen molar-refractivity contribution in [3.8, 4) is 0 Å². The second kappa shape index (κ2) is 7.04. The van der Waals surface area contributed by atoms with E-state index in [4.69, 9.17) is 4.74 Å². The molecule has 0 saturated heterocycles. The summed E-state index contributed by atoms with van der Waals surface area (Å²) in [4.78, 5) is 27.4. The highest BCUT2D eigenvalue weighted by Gasteiger charge is 2.22. The van der Waals surface area contributed by atoms with E-state index in [-0.39, 0.29) is 18.6 Å². The van der Waals surface area contributed by atoms with Crippen LogP contribution in [0.4, 0.5) is 0 Å². The molecule has 0 radical (unpaired) electrons. The lowest BCUT2D eigenvalue weighted by atomic mass is 9.88. The number of amides is 1. The molecule has 1 atom stereocenters. The van der Waals surface area contributed by atoms with Crippen LogP contribution < -0.4 is 5.32 Å². The zero-order valence-electron chi connectivity index (χ0n) is 14.3. The molecule has 1 aliphatic rings. The van der Waals surface area contributed by atoms with Gasteiger partial charge in [-0.3, -0.25) is 4.79 Å². The number of para-hydroxylation sites is 1. The first-order valence-corrected chi connectivity index (χ1v) is 8.83. The maximum Gasteiger partial charge on any atom is 0.355 e. The fourth-order valence-electron chi connectivity index (χ4n) is 3.53. The zero-order chi connectivity index (χ0) is 17.9. The van der Waals surface area contributed by atoms with Gasteiger partial charge in [0.25, 0.3) is 5.91 Å². The summed E-state index contributed by atoms with van der Waals surface area (Å²) in [7, 11) is 0. The smallest absolute Gasteiger partial charge is 0.355 e. The number of H-pyrrole nitrogens is 1. The van der Waals surface area contributed by atoms with Crippen LogP contribution >= 0.6 is 0 Å². The largest absolute Gasteiger partial charge is 0.451 e. The molecule has 0 bridgehead atoms. The van der Waals surface area contributed by atoms with Crippen LogP contribution in [0.3, 0.4) is 0 Å². The van der Waals surface area contributed by atoms with Crippen LogP contribution in [0.15, 0.2) is 54.6 Å². The van der Waals surface area contributed by atoms with Gasteiger partial charge in [0.2, 0.25) is 0 Å². The van der Waals surface area contributed by atoms with Crippen molar-refractivity contribution in [2.24, 2.45) is 0 Å². The van der Waals surface area contributed by atoms with E-state index in [2.05, 4.69) is 22.4 Å². The van der Waals surface area contributed by atoms with Crippen LogP contribution in [0, 0.1) is 0 Å². The minimum atomic E-state index is -0.527. The van der Waals surface area contributed by atoms with Crippen molar-refractivity contribution in [2.75, 3.05) is 6.61 Å². The van der Waals surface area contributed by atoms with Crippen molar-refractivity contribution < 1.29 is 14.3 Å². The monoisotopic (exact) mass is 348 g/mol. The minimum Gasteiger partial charge on any atom is -0.451 e. The molecule has 132 valence electrons. The van der Waals surface area contributed by atoms with Crippen molar-refractivity contribution >= 4 is 22.8 Å². The Morgan fingerprint density at radius 3 is 2.81 bits per heavy atom. The number of aromatic nitrogens is 1. The number of hydrogen-bond acceptors (Lipinski definition) is 3. The first kappa shape index (κ1) is 16.4. The molecule has 1 amide bonds. The van der Waals surface area contributed by atoms with E-state index in [1.165, 1.54) is 5.56 Å². The molecule has 0 saturated carbocycles. The third-order valence-electron chi connectivity index (χ3n) is 4.79. The van der Waals surface area contributed by atoms with E-state index < -0.39 is 5.97 Å². The Hall–Kier alpha value is -3.08. The summed E-state index contributed by atoms with van der Waals surface area (Å²) in [6.07, 6.45) is 2.98. The number of esters is 1. The predicted molar refractivity (Wildman–Crippen MR) is 98.8 cm³/mol. The number of hydrogen-bond donors (Lipinski definition) is 2. The molecule has 26 heavy (non-hydrogen) atoms. The molecule has 1 heterocycles. The van der Waals surface area contributed by atoms with Gasteiger partial charge in [-0.05, 0) is 42.5 Å². The van der Waals surface area contributed by atoms with Gasteiger partial charge >= 0.3 is 5.97 Å². The quantitative estimate of drug-likeness (QED) is 0.709. The van der Waals surface area contributed by atoms with Gasteiger partial charge in [0.15, 0.2) is 6.61 Å². The van der Waals surface area contributed by atoms with Gasteiger partial charge in [-0.2, -0.15) is 0 Å². The summed E-state index contributed by atoms with van der Waals surface area (Å²) >= 11 is 0. The number of carbonyl (C=O) groups excluding carboxylic acids is 2. The average molecular weight is 348 g/mol. The molecule has 2 aromatic carbocycles. The van der Waals surface area contributed by atoms with Gasteiger partial charge in [0.05, 0.1) is 6.04 Å². The Bertz CT molecular complexity index is 928. The first-order chi connectivity index (χ1) is 12.7. The number of aryl methyl sites for hydroxylation is 1. The fourth-order valence-corrected chi connectivity index (χ4v) is 3.53. The van der Waals surface area contributed by atoms with Gasteiger partial charge < -0.3 is 15.0 Å². The van der Waals surface area contributed by atoms with Crippen molar-refractivity contribution in [1.82, 2.24) is 10.3 Å². The molecular formula is C21H20N2O3. The van der Waals surface area contributed by atoms with Gasteiger partial charge in [-0.25, -0.2) is 4.79 Å². The second-order valence-corrected chi connectivity index (χ2v) is 6.56. The molecule has 4 rings (SSSR count). The van der Waals surface area contributed by atoms with Crippen molar-refractivity contribution in [2.45, 2.75) is 25.3 Å². The summed E-state index contributed by atoms with van der Waals surface area (Å²) in [5.74, 6) is -0.809. The van der Waals surface area contributed by atoms with Crippen LogP contribution in [0.2, 0.25) is 0 Å². The predicted octanol–water partition coefficient (Wildman–Crippen LogP) is 3.52. The first-order valence-electron chi connectivity index (χ1n) is 8.83. The average Bonchev–Trinajstić information content (AvgIpc) is 3.11. The number of fused-ring (bicyclic) bond motifs is 2. The summed E-state index contributed by atoms with van der Waals surface area (Å²) in [6.45, 7) is -0.285. The number of ether oxygens (including phenoxy) is 1.